The molecule has 2 aromatic heterocycles. The number of benzene rings is 1. The summed E-state index contributed by atoms with van der Waals surface area (Å²) in [6.07, 6.45) is 0.575. The zero-order chi connectivity index (χ0) is 23.3. The van der Waals surface area contributed by atoms with Crippen molar-refractivity contribution in [2.45, 2.75) is 38.1 Å². The summed E-state index contributed by atoms with van der Waals surface area (Å²) in [6, 6.07) is 7.61. The summed E-state index contributed by atoms with van der Waals surface area (Å²) in [4.78, 5) is 7.71. The van der Waals surface area contributed by atoms with Crippen molar-refractivity contribution < 1.29 is 17.9 Å². The average Bonchev–Trinajstić information content (AvgIpc) is 3.12. The molecule has 3 aromatic rings. The molecule has 1 fully saturated rings. The van der Waals surface area contributed by atoms with E-state index in [2.05, 4.69) is 32.4 Å². The van der Waals surface area contributed by atoms with Crippen LogP contribution in [0.15, 0.2) is 36.7 Å². The van der Waals surface area contributed by atoms with E-state index in [0.717, 1.165) is 37.0 Å². The van der Waals surface area contributed by atoms with Crippen LogP contribution in [-0.2, 0) is 17.8 Å². The van der Waals surface area contributed by atoms with Gasteiger partial charge in [0.25, 0.3) is 0 Å². The maximum Gasteiger partial charge on any atom is 0.406 e. The van der Waals surface area contributed by atoms with Gasteiger partial charge in [0.2, 0.25) is 5.28 Å². The third-order valence-corrected chi connectivity index (χ3v) is 5.53. The number of nitrogens with zero attached hydrogens (tertiary/aromatic N) is 3. The molecule has 0 saturated carbocycles. The van der Waals surface area contributed by atoms with Crippen LogP contribution < -0.4 is 10.6 Å². The fourth-order valence-electron chi connectivity index (χ4n) is 3.73. The number of aromatic nitrogens is 3. The van der Waals surface area contributed by atoms with Crippen LogP contribution in [0.5, 0.6) is 0 Å². The third-order valence-electron chi connectivity index (χ3n) is 5.34. The molecule has 0 amide bonds. The Labute approximate surface area is 194 Å². The first-order valence-corrected chi connectivity index (χ1v) is 11.0. The molecule has 4 rings (SSSR count). The predicted molar refractivity (Wildman–Crippen MR) is 121 cm³/mol. The molecule has 33 heavy (non-hydrogen) atoms. The van der Waals surface area contributed by atoms with E-state index in [4.69, 9.17) is 16.3 Å². The minimum atomic E-state index is -4.36. The molecule has 2 N–H and O–H groups in total. The van der Waals surface area contributed by atoms with Crippen molar-refractivity contribution in [2.24, 2.45) is 0 Å². The molecule has 0 atom stereocenters. The zero-order valence-corrected chi connectivity index (χ0v) is 18.5. The fraction of sp³-hybridized carbons (Fsp3) is 0.391. The lowest BCUT2D eigenvalue weighted by molar-refractivity contribution is -0.140. The van der Waals surface area contributed by atoms with E-state index < -0.39 is 12.7 Å². The summed E-state index contributed by atoms with van der Waals surface area (Å²) in [7, 11) is 0. The van der Waals surface area contributed by atoms with Gasteiger partial charge in [-0.3, -0.25) is 0 Å². The molecule has 1 aliphatic rings. The van der Waals surface area contributed by atoms with Gasteiger partial charge in [0.05, 0.1) is 30.3 Å². The Balaban J connectivity index is 1.51. The lowest BCUT2D eigenvalue weighted by atomic mass is 10.1. The second kappa shape index (κ2) is 10.4. The van der Waals surface area contributed by atoms with Crippen molar-refractivity contribution in [3.05, 3.63) is 53.2 Å². The Kier molecular flexibility index (Phi) is 7.38. The van der Waals surface area contributed by atoms with Crippen molar-refractivity contribution in [1.29, 1.82) is 0 Å². The maximum atomic E-state index is 13.2. The van der Waals surface area contributed by atoms with E-state index in [-0.39, 0.29) is 11.8 Å². The molecular weight excluding hydrogens is 455 g/mol. The number of hydrogen-bond acceptors (Lipinski definition) is 5. The van der Waals surface area contributed by atoms with Gasteiger partial charge in [0.15, 0.2) is 0 Å². The minimum Gasteiger partial charge on any atom is -0.381 e. The van der Waals surface area contributed by atoms with Crippen LogP contribution in [0.1, 0.15) is 24.1 Å². The molecule has 1 saturated heterocycles. The number of rotatable bonds is 6. The molecule has 174 valence electrons. The second-order valence-corrected chi connectivity index (χ2v) is 8.13. The molecule has 1 aliphatic heterocycles. The molecule has 0 unspecified atom stereocenters. The average molecular weight is 478 g/mol. The molecule has 1 aromatic carbocycles. The number of ether oxygens (including phenoxy) is 1. The maximum absolute atomic E-state index is 13.2. The highest BCUT2D eigenvalue weighted by Crippen LogP contribution is 2.26. The Hall–Kier alpha value is -2.80. The minimum absolute atomic E-state index is 0.130. The Morgan fingerprint density at radius 2 is 1.91 bits per heavy atom. The standard InChI is InChI=1S/C23H23ClF3N5O/c24-22-30-13-19(14-31-22)28-7-1-2-20-11-17-10-16(12-29-18-5-8-33-9-6-18)3-4-21(17)32(20)15-23(25,26)27/h3-4,10-11,13-14,18,28-29H,5-9,12,15H2. The van der Waals surface area contributed by atoms with Crippen LogP contribution in [0.2, 0.25) is 5.28 Å². The van der Waals surface area contributed by atoms with Crippen molar-refractivity contribution >= 4 is 28.2 Å². The number of hydrogen-bond donors (Lipinski definition) is 2. The molecular formula is C23H23ClF3N5O. The van der Waals surface area contributed by atoms with E-state index >= 15 is 0 Å². The summed E-state index contributed by atoms with van der Waals surface area (Å²) in [5.41, 5.74) is 2.45. The van der Waals surface area contributed by atoms with Crippen LogP contribution in [0.25, 0.3) is 10.9 Å². The Morgan fingerprint density at radius 1 is 1.15 bits per heavy atom. The summed E-state index contributed by atoms with van der Waals surface area (Å²) in [5, 5.41) is 7.36. The summed E-state index contributed by atoms with van der Waals surface area (Å²) >= 11 is 5.65. The Morgan fingerprint density at radius 3 is 2.64 bits per heavy atom. The number of alkyl halides is 3. The van der Waals surface area contributed by atoms with Crippen LogP contribution in [-0.4, -0.2) is 46.5 Å². The summed E-state index contributed by atoms with van der Waals surface area (Å²) < 4.78 is 46.3. The number of anilines is 1. The molecule has 6 nitrogen and oxygen atoms in total. The molecule has 3 heterocycles. The zero-order valence-electron chi connectivity index (χ0n) is 17.8. The fourth-order valence-corrected chi connectivity index (χ4v) is 3.83. The van der Waals surface area contributed by atoms with Gasteiger partial charge in [-0.25, -0.2) is 9.97 Å². The van der Waals surface area contributed by atoms with Crippen molar-refractivity contribution in [1.82, 2.24) is 19.9 Å². The van der Waals surface area contributed by atoms with Gasteiger partial charge in [0, 0.05) is 36.7 Å². The van der Waals surface area contributed by atoms with Crippen LogP contribution in [0.4, 0.5) is 18.9 Å². The van der Waals surface area contributed by atoms with E-state index in [0.29, 0.717) is 29.5 Å². The normalized spacial score (nSPS) is 14.8. The SMILES string of the molecule is FC(F)(F)Cn1c(C#CCNc2cnc(Cl)nc2)cc2cc(CNC3CCOCC3)ccc21. The van der Waals surface area contributed by atoms with Gasteiger partial charge < -0.3 is 19.9 Å². The molecule has 0 aliphatic carbocycles. The Bertz CT molecular complexity index is 1150. The van der Waals surface area contributed by atoms with Gasteiger partial charge in [0.1, 0.15) is 6.54 Å². The van der Waals surface area contributed by atoms with Gasteiger partial charge in [-0.05, 0) is 54.1 Å². The van der Waals surface area contributed by atoms with E-state index in [1.54, 1.807) is 12.1 Å². The largest absolute Gasteiger partial charge is 0.406 e. The van der Waals surface area contributed by atoms with Crippen molar-refractivity contribution in [2.75, 3.05) is 25.1 Å². The molecule has 0 bridgehead atoms. The molecule has 0 radical (unpaired) electrons. The first-order valence-electron chi connectivity index (χ1n) is 10.6. The lowest BCUT2D eigenvalue weighted by Gasteiger charge is -2.23. The van der Waals surface area contributed by atoms with Crippen molar-refractivity contribution in [3.63, 3.8) is 0 Å². The summed E-state index contributed by atoms with van der Waals surface area (Å²) in [5.74, 6) is 5.74. The summed E-state index contributed by atoms with van der Waals surface area (Å²) in [6.45, 7) is 1.27. The topological polar surface area (TPSA) is 64.0 Å². The third kappa shape index (κ3) is 6.60. The smallest absolute Gasteiger partial charge is 0.381 e. The molecule has 10 heteroatoms. The van der Waals surface area contributed by atoms with Crippen LogP contribution >= 0.6 is 11.6 Å². The predicted octanol–water partition coefficient (Wildman–Crippen LogP) is 4.38. The lowest BCUT2D eigenvalue weighted by Crippen LogP contribution is -2.34. The number of halogens is 4. The highest BCUT2D eigenvalue weighted by Gasteiger charge is 2.29. The first-order chi connectivity index (χ1) is 15.9. The van der Waals surface area contributed by atoms with Gasteiger partial charge in [-0.2, -0.15) is 13.2 Å². The van der Waals surface area contributed by atoms with Gasteiger partial charge in [-0.15, -0.1) is 0 Å². The van der Waals surface area contributed by atoms with E-state index in [1.807, 2.05) is 12.1 Å². The second-order valence-electron chi connectivity index (χ2n) is 7.79. The molecule has 0 spiro atoms. The highest BCUT2D eigenvalue weighted by molar-refractivity contribution is 6.28. The van der Waals surface area contributed by atoms with E-state index in [1.165, 1.54) is 17.0 Å². The van der Waals surface area contributed by atoms with E-state index in [9.17, 15) is 13.2 Å². The highest BCUT2D eigenvalue weighted by atomic mass is 35.5. The van der Waals surface area contributed by atoms with Gasteiger partial charge >= 0.3 is 6.18 Å². The number of fused-ring (bicyclic) bond motifs is 1. The number of nitrogens with one attached hydrogen (secondary N) is 2. The van der Waals surface area contributed by atoms with Crippen LogP contribution in [0, 0.1) is 11.8 Å². The monoisotopic (exact) mass is 477 g/mol. The quantitative estimate of drug-likeness (QED) is 0.407. The first kappa shape index (κ1) is 23.4. The van der Waals surface area contributed by atoms with Crippen molar-refractivity contribution in [3.8, 4) is 11.8 Å². The van der Waals surface area contributed by atoms with Crippen LogP contribution in [0.3, 0.4) is 0 Å². The van der Waals surface area contributed by atoms with Gasteiger partial charge in [-0.1, -0.05) is 12.0 Å².